The van der Waals surface area contributed by atoms with E-state index in [1.807, 2.05) is 17.8 Å². The molecule has 1 atom stereocenters. The fourth-order valence-corrected chi connectivity index (χ4v) is 4.21. The van der Waals surface area contributed by atoms with Gasteiger partial charge in [-0.2, -0.15) is 11.8 Å². The maximum absolute atomic E-state index is 12.3. The van der Waals surface area contributed by atoms with Gasteiger partial charge in [-0.3, -0.25) is 9.69 Å². The van der Waals surface area contributed by atoms with E-state index in [2.05, 4.69) is 34.6 Å². The van der Waals surface area contributed by atoms with Gasteiger partial charge >= 0.3 is 0 Å². The standard InChI is InChI=1S/C17H25N3OS/c1-2-7-20-10-13-4-3-5-16(15(13)11-20)19-17(21)9-14-12-22-8-6-18-14/h3-5,14,18H,2,6-12H2,1H3,(H,19,21). The molecule has 1 aromatic carbocycles. The molecule has 0 radical (unpaired) electrons. The van der Waals surface area contributed by atoms with Crippen LogP contribution < -0.4 is 10.6 Å². The summed E-state index contributed by atoms with van der Waals surface area (Å²) in [5, 5.41) is 6.56. The van der Waals surface area contributed by atoms with Crippen LogP contribution in [0, 0.1) is 0 Å². The predicted molar refractivity (Wildman–Crippen MR) is 93.2 cm³/mol. The number of nitrogens with one attached hydrogen (secondary N) is 2. The second kappa shape index (κ2) is 7.49. The fraction of sp³-hybridized carbons (Fsp3) is 0.588. The van der Waals surface area contributed by atoms with Crippen LogP contribution in [-0.4, -0.2) is 41.4 Å². The van der Waals surface area contributed by atoms with Gasteiger partial charge in [0, 0.05) is 49.3 Å². The number of thioether (sulfide) groups is 1. The maximum atomic E-state index is 12.3. The minimum absolute atomic E-state index is 0.127. The van der Waals surface area contributed by atoms with E-state index in [4.69, 9.17) is 0 Å². The van der Waals surface area contributed by atoms with Crippen molar-refractivity contribution in [3.63, 3.8) is 0 Å². The monoisotopic (exact) mass is 319 g/mol. The maximum Gasteiger partial charge on any atom is 0.225 e. The Labute approximate surface area is 137 Å². The van der Waals surface area contributed by atoms with Crippen molar-refractivity contribution < 1.29 is 4.79 Å². The topological polar surface area (TPSA) is 44.4 Å². The largest absolute Gasteiger partial charge is 0.326 e. The molecule has 3 rings (SSSR count). The zero-order chi connectivity index (χ0) is 15.4. The highest BCUT2D eigenvalue weighted by molar-refractivity contribution is 7.99. The molecule has 1 aromatic rings. The predicted octanol–water partition coefficient (Wildman–Crippen LogP) is 2.45. The first-order chi connectivity index (χ1) is 10.8. The first-order valence-corrected chi connectivity index (χ1v) is 9.36. The van der Waals surface area contributed by atoms with Crippen LogP contribution in [0.2, 0.25) is 0 Å². The summed E-state index contributed by atoms with van der Waals surface area (Å²) >= 11 is 1.93. The van der Waals surface area contributed by atoms with E-state index in [1.165, 1.54) is 17.5 Å². The van der Waals surface area contributed by atoms with Gasteiger partial charge in [-0.1, -0.05) is 19.1 Å². The van der Waals surface area contributed by atoms with Gasteiger partial charge in [-0.05, 0) is 30.2 Å². The van der Waals surface area contributed by atoms with E-state index >= 15 is 0 Å². The fourth-order valence-electron chi connectivity index (χ4n) is 3.26. The van der Waals surface area contributed by atoms with Gasteiger partial charge in [0.15, 0.2) is 0 Å². The molecule has 1 amide bonds. The molecule has 2 N–H and O–H groups in total. The number of amides is 1. The Morgan fingerprint density at radius 1 is 1.45 bits per heavy atom. The lowest BCUT2D eigenvalue weighted by molar-refractivity contribution is -0.116. The van der Waals surface area contributed by atoms with Crippen LogP contribution in [-0.2, 0) is 17.9 Å². The van der Waals surface area contributed by atoms with Crippen molar-refractivity contribution in [2.45, 2.75) is 38.9 Å². The molecule has 0 saturated carbocycles. The average molecular weight is 319 g/mol. The van der Waals surface area contributed by atoms with E-state index < -0.39 is 0 Å². The summed E-state index contributed by atoms with van der Waals surface area (Å²) < 4.78 is 0. The van der Waals surface area contributed by atoms with Crippen molar-refractivity contribution in [3.05, 3.63) is 29.3 Å². The summed E-state index contributed by atoms with van der Waals surface area (Å²) in [7, 11) is 0. The van der Waals surface area contributed by atoms with E-state index in [-0.39, 0.29) is 5.91 Å². The van der Waals surface area contributed by atoms with Crippen molar-refractivity contribution in [1.29, 1.82) is 0 Å². The molecule has 22 heavy (non-hydrogen) atoms. The van der Waals surface area contributed by atoms with E-state index in [0.717, 1.165) is 43.4 Å². The van der Waals surface area contributed by atoms with Gasteiger partial charge in [0.05, 0.1) is 0 Å². The first-order valence-electron chi connectivity index (χ1n) is 8.20. The number of carbonyl (C=O) groups excluding carboxylic acids is 1. The van der Waals surface area contributed by atoms with Crippen molar-refractivity contribution >= 4 is 23.4 Å². The van der Waals surface area contributed by atoms with Crippen molar-refractivity contribution in [2.24, 2.45) is 0 Å². The lowest BCUT2D eigenvalue weighted by Crippen LogP contribution is -2.40. The zero-order valence-electron chi connectivity index (χ0n) is 13.2. The number of fused-ring (bicyclic) bond motifs is 1. The number of anilines is 1. The van der Waals surface area contributed by atoms with Crippen LogP contribution in [0.25, 0.3) is 0 Å². The van der Waals surface area contributed by atoms with Gasteiger partial charge in [0.25, 0.3) is 0 Å². The highest BCUT2D eigenvalue weighted by Crippen LogP contribution is 2.29. The number of rotatable bonds is 5. The van der Waals surface area contributed by atoms with Crippen LogP contribution in [0.4, 0.5) is 5.69 Å². The molecule has 0 aliphatic carbocycles. The molecule has 5 heteroatoms. The highest BCUT2D eigenvalue weighted by Gasteiger charge is 2.22. The molecular weight excluding hydrogens is 294 g/mol. The van der Waals surface area contributed by atoms with Crippen LogP contribution in [0.5, 0.6) is 0 Å². The first kappa shape index (κ1) is 15.8. The smallest absolute Gasteiger partial charge is 0.225 e. The van der Waals surface area contributed by atoms with Gasteiger partial charge in [0.1, 0.15) is 0 Å². The Kier molecular flexibility index (Phi) is 5.39. The third kappa shape index (κ3) is 3.83. The zero-order valence-corrected chi connectivity index (χ0v) is 14.0. The minimum Gasteiger partial charge on any atom is -0.326 e. The third-order valence-electron chi connectivity index (χ3n) is 4.29. The van der Waals surface area contributed by atoms with Gasteiger partial charge in [-0.15, -0.1) is 0 Å². The van der Waals surface area contributed by atoms with Gasteiger partial charge in [0.2, 0.25) is 5.91 Å². The number of benzene rings is 1. The average Bonchev–Trinajstić information content (AvgIpc) is 2.92. The summed E-state index contributed by atoms with van der Waals surface area (Å²) in [6.07, 6.45) is 1.73. The van der Waals surface area contributed by atoms with E-state index in [9.17, 15) is 4.79 Å². The van der Waals surface area contributed by atoms with E-state index in [1.54, 1.807) is 0 Å². The second-order valence-corrected chi connectivity index (χ2v) is 7.28. The molecule has 4 nitrogen and oxygen atoms in total. The van der Waals surface area contributed by atoms with Crippen molar-refractivity contribution in [1.82, 2.24) is 10.2 Å². The molecule has 0 aromatic heterocycles. The minimum atomic E-state index is 0.127. The number of hydrogen-bond acceptors (Lipinski definition) is 4. The quantitative estimate of drug-likeness (QED) is 0.875. The molecular formula is C17H25N3OS. The number of nitrogens with zero attached hydrogens (tertiary/aromatic N) is 1. The molecule has 1 fully saturated rings. The molecule has 2 aliphatic rings. The SMILES string of the molecule is CCCN1Cc2cccc(NC(=O)CC3CSCCN3)c2C1. The molecule has 0 spiro atoms. The van der Waals surface area contributed by atoms with E-state index in [0.29, 0.717) is 12.5 Å². The lowest BCUT2D eigenvalue weighted by Gasteiger charge is -2.22. The van der Waals surface area contributed by atoms with Crippen LogP contribution >= 0.6 is 11.8 Å². The number of hydrogen-bond donors (Lipinski definition) is 2. The summed E-state index contributed by atoms with van der Waals surface area (Å²) in [6, 6.07) is 6.58. The van der Waals surface area contributed by atoms with Crippen LogP contribution in [0.1, 0.15) is 30.9 Å². The van der Waals surface area contributed by atoms with Gasteiger partial charge in [-0.25, -0.2) is 0 Å². The van der Waals surface area contributed by atoms with Crippen LogP contribution in [0.3, 0.4) is 0 Å². The molecule has 1 saturated heterocycles. The summed E-state index contributed by atoms with van der Waals surface area (Å²) in [5.74, 6) is 2.31. The van der Waals surface area contributed by atoms with Crippen LogP contribution in [0.15, 0.2) is 18.2 Å². The Morgan fingerprint density at radius 3 is 3.14 bits per heavy atom. The normalized spacial score (nSPS) is 21.6. The third-order valence-corrected chi connectivity index (χ3v) is 5.42. The van der Waals surface area contributed by atoms with Crippen molar-refractivity contribution in [2.75, 3.05) is 29.9 Å². The van der Waals surface area contributed by atoms with Gasteiger partial charge < -0.3 is 10.6 Å². The Balaban J connectivity index is 1.61. The van der Waals surface area contributed by atoms with Crippen molar-refractivity contribution in [3.8, 4) is 0 Å². The molecule has 1 unspecified atom stereocenters. The summed E-state index contributed by atoms with van der Waals surface area (Å²) in [5.41, 5.74) is 3.66. The summed E-state index contributed by atoms with van der Waals surface area (Å²) in [6.45, 7) is 6.30. The Morgan fingerprint density at radius 2 is 2.36 bits per heavy atom. The molecule has 120 valence electrons. The lowest BCUT2D eigenvalue weighted by atomic mass is 10.1. The molecule has 2 aliphatic heterocycles. The Bertz CT molecular complexity index is 529. The molecule has 0 bridgehead atoms. The number of carbonyl (C=O) groups is 1. The molecule has 2 heterocycles. The summed E-state index contributed by atoms with van der Waals surface area (Å²) in [4.78, 5) is 14.8. The second-order valence-electron chi connectivity index (χ2n) is 6.13. The highest BCUT2D eigenvalue weighted by atomic mass is 32.2. The Hall–Kier alpha value is -1.04.